The molecule has 0 aliphatic carbocycles. The quantitative estimate of drug-likeness (QED) is 0.564. The Morgan fingerprint density at radius 3 is 2.40 bits per heavy atom. The summed E-state index contributed by atoms with van der Waals surface area (Å²) in [5.41, 5.74) is 4.06. The molecule has 0 N–H and O–H groups in total. The van der Waals surface area contributed by atoms with E-state index in [1.54, 1.807) is 29.3 Å². The Balaban J connectivity index is 0.00000256. The molecule has 8 heteroatoms. The molecule has 0 bridgehead atoms. The van der Waals surface area contributed by atoms with Crippen LogP contribution in [0.25, 0.3) is 5.95 Å². The number of ketones is 1. The van der Waals surface area contributed by atoms with Crippen molar-refractivity contribution in [1.82, 2.24) is 24.6 Å². The van der Waals surface area contributed by atoms with Crippen molar-refractivity contribution in [3.8, 4) is 5.95 Å². The maximum absolute atomic E-state index is 12.8. The van der Waals surface area contributed by atoms with Crippen molar-refractivity contribution < 1.29 is 4.79 Å². The lowest BCUT2D eigenvalue weighted by Gasteiger charge is -2.36. The molecule has 3 heterocycles. The molecule has 1 saturated heterocycles. The Morgan fingerprint density at radius 1 is 1.00 bits per heavy atom. The average Bonchev–Trinajstić information content (AvgIpc) is 3.15. The van der Waals surface area contributed by atoms with Crippen LogP contribution in [0, 0.1) is 13.8 Å². The van der Waals surface area contributed by atoms with E-state index in [0.29, 0.717) is 17.9 Å². The fraction of sp³-hybridized carbons (Fsp3) is 0.364. The normalized spacial score (nSPS) is 14.4. The molecule has 0 amide bonds. The van der Waals surface area contributed by atoms with Gasteiger partial charge < -0.3 is 4.90 Å². The van der Waals surface area contributed by atoms with E-state index in [4.69, 9.17) is 0 Å². The number of carbonyl (C=O) groups excluding carboxylic acids is 1. The van der Waals surface area contributed by atoms with Crippen LogP contribution in [0.1, 0.15) is 28.0 Å². The molecular formula is C22H27ClN6O. The number of piperazine rings is 1. The molecular weight excluding hydrogens is 400 g/mol. The number of para-hydroxylation sites is 1. The summed E-state index contributed by atoms with van der Waals surface area (Å²) in [6.45, 7) is 8.73. The minimum absolute atomic E-state index is 0. The van der Waals surface area contributed by atoms with Gasteiger partial charge in [0, 0.05) is 57.2 Å². The van der Waals surface area contributed by atoms with Gasteiger partial charge in [0.2, 0.25) is 0 Å². The van der Waals surface area contributed by atoms with Gasteiger partial charge in [-0.3, -0.25) is 9.69 Å². The summed E-state index contributed by atoms with van der Waals surface area (Å²) >= 11 is 0. The number of anilines is 1. The molecule has 7 nitrogen and oxygen atoms in total. The maximum Gasteiger partial charge on any atom is 0.250 e. The summed E-state index contributed by atoms with van der Waals surface area (Å²) in [5.74, 6) is 0.599. The lowest BCUT2D eigenvalue weighted by Crippen LogP contribution is -2.47. The molecule has 1 aliphatic rings. The highest BCUT2D eigenvalue weighted by Gasteiger charge is 2.21. The first-order valence-corrected chi connectivity index (χ1v) is 10.0. The summed E-state index contributed by atoms with van der Waals surface area (Å²) in [5, 5.41) is 4.30. The predicted octanol–water partition coefficient (Wildman–Crippen LogP) is 3.10. The maximum atomic E-state index is 12.8. The highest BCUT2D eigenvalue weighted by atomic mass is 35.5. The zero-order valence-electron chi connectivity index (χ0n) is 17.4. The third-order valence-corrected chi connectivity index (χ3v) is 5.54. The van der Waals surface area contributed by atoms with Crippen molar-refractivity contribution in [2.75, 3.05) is 37.6 Å². The summed E-state index contributed by atoms with van der Waals surface area (Å²) in [6.07, 6.45) is 5.46. The number of benzene rings is 1. The molecule has 0 radical (unpaired) electrons. The third-order valence-electron chi connectivity index (χ3n) is 5.54. The van der Waals surface area contributed by atoms with Crippen molar-refractivity contribution in [3.63, 3.8) is 0 Å². The lowest BCUT2D eigenvalue weighted by molar-refractivity contribution is 0.0962. The Hall–Kier alpha value is -2.77. The van der Waals surface area contributed by atoms with E-state index >= 15 is 0 Å². The van der Waals surface area contributed by atoms with Gasteiger partial charge in [0.1, 0.15) is 0 Å². The number of carbonyl (C=O) groups is 1. The minimum Gasteiger partial charge on any atom is -0.369 e. The Labute approximate surface area is 183 Å². The highest BCUT2D eigenvalue weighted by Crippen LogP contribution is 2.21. The zero-order chi connectivity index (χ0) is 20.2. The van der Waals surface area contributed by atoms with Crippen LogP contribution in [-0.2, 0) is 0 Å². The van der Waals surface area contributed by atoms with Crippen LogP contribution in [0.5, 0.6) is 0 Å². The largest absolute Gasteiger partial charge is 0.369 e. The standard InChI is InChI=1S/C22H26N6O.ClH/c1-17-6-3-4-7-20(17)27-14-12-26(13-15-27)11-8-21(29)19-16-25-28(18(19)2)22-23-9-5-10-24-22;/h3-7,9-10,16H,8,11-15H2,1-2H3;1H. The second-order valence-electron chi connectivity index (χ2n) is 7.39. The van der Waals surface area contributed by atoms with Crippen LogP contribution in [0.15, 0.2) is 48.9 Å². The zero-order valence-corrected chi connectivity index (χ0v) is 18.2. The van der Waals surface area contributed by atoms with Crippen LogP contribution >= 0.6 is 12.4 Å². The Kier molecular flexibility index (Phi) is 7.18. The van der Waals surface area contributed by atoms with E-state index < -0.39 is 0 Å². The van der Waals surface area contributed by atoms with Crippen molar-refractivity contribution in [1.29, 1.82) is 0 Å². The van der Waals surface area contributed by atoms with Crippen molar-refractivity contribution in [2.24, 2.45) is 0 Å². The van der Waals surface area contributed by atoms with Gasteiger partial charge in [0.05, 0.1) is 17.5 Å². The fourth-order valence-electron chi connectivity index (χ4n) is 3.81. The van der Waals surface area contributed by atoms with Crippen molar-refractivity contribution in [3.05, 3.63) is 65.7 Å². The summed E-state index contributed by atoms with van der Waals surface area (Å²) in [7, 11) is 0. The van der Waals surface area contributed by atoms with E-state index in [9.17, 15) is 4.79 Å². The van der Waals surface area contributed by atoms with E-state index in [1.807, 2.05) is 6.92 Å². The van der Waals surface area contributed by atoms with Crippen LogP contribution < -0.4 is 4.90 Å². The van der Waals surface area contributed by atoms with Gasteiger partial charge in [-0.05, 0) is 31.5 Å². The van der Waals surface area contributed by atoms with Gasteiger partial charge >= 0.3 is 0 Å². The molecule has 0 unspecified atom stereocenters. The first kappa shape index (κ1) is 21.9. The SMILES string of the molecule is Cc1ccccc1N1CCN(CCC(=O)c2cnn(-c3ncccn3)c2C)CC1.Cl. The fourth-order valence-corrected chi connectivity index (χ4v) is 3.81. The number of nitrogens with zero attached hydrogens (tertiary/aromatic N) is 6. The Morgan fingerprint density at radius 2 is 1.70 bits per heavy atom. The van der Waals surface area contributed by atoms with Crippen LogP contribution in [-0.4, -0.2) is 63.2 Å². The van der Waals surface area contributed by atoms with Gasteiger partial charge in [-0.25, -0.2) is 14.6 Å². The molecule has 1 fully saturated rings. The molecule has 0 spiro atoms. The third kappa shape index (κ3) is 4.68. The average molecular weight is 427 g/mol. The van der Waals surface area contributed by atoms with Gasteiger partial charge in [0.15, 0.2) is 5.78 Å². The summed E-state index contributed by atoms with van der Waals surface area (Å²) in [4.78, 5) is 26.0. The van der Waals surface area contributed by atoms with E-state index in [-0.39, 0.29) is 18.2 Å². The number of aromatic nitrogens is 4. The van der Waals surface area contributed by atoms with E-state index in [0.717, 1.165) is 38.4 Å². The number of hydrogen-bond acceptors (Lipinski definition) is 6. The molecule has 0 saturated carbocycles. The number of halogens is 1. The lowest BCUT2D eigenvalue weighted by atomic mass is 10.1. The summed E-state index contributed by atoms with van der Waals surface area (Å²) < 4.78 is 1.62. The number of rotatable bonds is 6. The highest BCUT2D eigenvalue weighted by molar-refractivity contribution is 5.97. The van der Waals surface area contributed by atoms with E-state index in [2.05, 4.69) is 56.1 Å². The molecule has 30 heavy (non-hydrogen) atoms. The molecule has 158 valence electrons. The predicted molar refractivity (Wildman–Crippen MR) is 120 cm³/mol. The molecule has 1 aromatic carbocycles. The van der Waals surface area contributed by atoms with Gasteiger partial charge in [-0.1, -0.05) is 18.2 Å². The molecule has 2 aromatic heterocycles. The molecule has 4 rings (SSSR count). The van der Waals surface area contributed by atoms with Crippen LogP contribution in [0.4, 0.5) is 5.69 Å². The van der Waals surface area contributed by atoms with Gasteiger partial charge in [0.25, 0.3) is 5.95 Å². The van der Waals surface area contributed by atoms with Gasteiger partial charge in [-0.2, -0.15) is 5.10 Å². The number of Topliss-reactive ketones (excluding diaryl/α,β-unsaturated/α-hetero) is 1. The molecule has 0 atom stereocenters. The van der Waals surface area contributed by atoms with Crippen molar-refractivity contribution >= 4 is 23.9 Å². The second kappa shape index (κ2) is 9.82. The number of hydrogen-bond donors (Lipinski definition) is 0. The number of aryl methyl sites for hydroxylation is 1. The molecule has 1 aliphatic heterocycles. The van der Waals surface area contributed by atoms with E-state index in [1.165, 1.54) is 11.3 Å². The monoisotopic (exact) mass is 426 g/mol. The van der Waals surface area contributed by atoms with Crippen LogP contribution in [0.2, 0.25) is 0 Å². The van der Waals surface area contributed by atoms with Crippen molar-refractivity contribution in [2.45, 2.75) is 20.3 Å². The first-order chi connectivity index (χ1) is 14.1. The minimum atomic E-state index is 0. The smallest absolute Gasteiger partial charge is 0.250 e. The Bertz CT molecular complexity index is 982. The second-order valence-corrected chi connectivity index (χ2v) is 7.39. The van der Waals surface area contributed by atoms with Gasteiger partial charge in [-0.15, -0.1) is 12.4 Å². The first-order valence-electron chi connectivity index (χ1n) is 10.0. The topological polar surface area (TPSA) is 67.2 Å². The van der Waals surface area contributed by atoms with Crippen LogP contribution in [0.3, 0.4) is 0 Å². The molecule has 3 aromatic rings. The summed E-state index contributed by atoms with van der Waals surface area (Å²) in [6, 6.07) is 10.3.